The molecule has 3 heteroatoms. The van der Waals surface area contributed by atoms with E-state index >= 15 is 0 Å². The molecule has 56 valence electrons. The first-order valence-electron chi connectivity index (χ1n) is 3.14. The Labute approximate surface area is 61.2 Å². The fourth-order valence-electron chi connectivity index (χ4n) is 0.426. The monoisotopic (exact) mass is 151 g/mol. The van der Waals surface area contributed by atoms with E-state index in [1.54, 1.807) is 0 Å². The summed E-state index contributed by atoms with van der Waals surface area (Å²) < 4.78 is 0. The Bertz CT molecular complexity index is 68.1. The first kappa shape index (κ1) is 9.21. The van der Waals surface area contributed by atoms with Gasteiger partial charge < -0.3 is 10.4 Å². The lowest BCUT2D eigenvalue weighted by Gasteiger charge is -2.10. The normalized spacial score (nSPS) is 14.3. The van der Waals surface area contributed by atoms with Crippen molar-refractivity contribution in [3.63, 3.8) is 0 Å². The van der Waals surface area contributed by atoms with Crippen LogP contribution in [0.15, 0.2) is 0 Å². The zero-order valence-electron chi connectivity index (χ0n) is 5.89. The summed E-state index contributed by atoms with van der Waals surface area (Å²) in [5, 5.41) is 12.0. The van der Waals surface area contributed by atoms with Gasteiger partial charge in [-0.3, -0.25) is 0 Å². The van der Waals surface area contributed by atoms with E-state index in [1.807, 2.05) is 13.8 Å². The fraction of sp³-hybridized carbons (Fsp3) is 1.00. The van der Waals surface area contributed by atoms with E-state index < -0.39 is 6.10 Å². The smallest absolute Gasteiger partial charge is 0.0799 e. The van der Waals surface area contributed by atoms with Crippen LogP contribution >= 0.6 is 11.6 Å². The lowest BCUT2D eigenvalue weighted by Crippen LogP contribution is -2.32. The minimum atomic E-state index is -0.408. The summed E-state index contributed by atoms with van der Waals surface area (Å²) in [5.41, 5.74) is 0. The van der Waals surface area contributed by atoms with Crippen LogP contribution in [0.3, 0.4) is 0 Å². The van der Waals surface area contributed by atoms with Gasteiger partial charge in [-0.15, -0.1) is 11.6 Å². The van der Waals surface area contributed by atoms with E-state index in [9.17, 15) is 0 Å². The standard InChI is InChI=1S/C6H14ClNO/c1-5(2)8-4-6(9)3-7/h5-6,8-9H,3-4H2,1-2H3/t6-/m1/s1. The quantitative estimate of drug-likeness (QED) is 0.577. The summed E-state index contributed by atoms with van der Waals surface area (Å²) >= 11 is 5.35. The zero-order valence-corrected chi connectivity index (χ0v) is 6.65. The van der Waals surface area contributed by atoms with Gasteiger partial charge >= 0.3 is 0 Å². The van der Waals surface area contributed by atoms with Gasteiger partial charge in [0.25, 0.3) is 0 Å². The molecule has 0 bridgehead atoms. The van der Waals surface area contributed by atoms with Gasteiger partial charge in [0.2, 0.25) is 0 Å². The SMILES string of the molecule is CC(C)NC[C@H](O)CCl. The van der Waals surface area contributed by atoms with Gasteiger partial charge in [-0.1, -0.05) is 13.8 Å². The molecule has 0 aromatic rings. The molecule has 0 unspecified atom stereocenters. The largest absolute Gasteiger partial charge is 0.391 e. The van der Waals surface area contributed by atoms with E-state index in [1.165, 1.54) is 0 Å². The molecular weight excluding hydrogens is 138 g/mol. The van der Waals surface area contributed by atoms with E-state index in [0.717, 1.165) is 0 Å². The van der Waals surface area contributed by atoms with Crippen LogP contribution in [0.2, 0.25) is 0 Å². The Balaban J connectivity index is 3.06. The summed E-state index contributed by atoms with van der Waals surface area (Å²) in [7, 11) is 0. The Morgan fingerprint density at radius 3 is 2.44 bits per heavy atom. The van der Waals surface area contributed by atoms with Crippen LogP contribution in [-0.4, -0.2) is 29.7 Å². The Kier molecular flexibility index (Phi) is 5.15. The molecule has 0 radical (unpaired) electrons. The molecule has 0 aliphatic heterocycles. The van der Waals surface area contributed by atoms with Crippen LogP contribution in [0.1, 0.15) is 13.8 Å². The van der Waals surface area contributed by atoms with E-state index in [4.69, 9.17) is 16.7 Å². The molecular formula is C6H14ClNO. The van der Waals surface area contributed by atoms with Crippen LogP contribution in [0.4, 0.5) is 0 Å². The topological polar surface area (TPSA) is 32.3 Å². The van der Waals surface area contributed by atoms with Crippen molar-refractivity contribution >= 4 is 11.6 Å². The summed E-state index contributed by atoms with van der Waals surface area (Å²) in [6.45, 7) is 4.64. The van der Waals surface area contributed by atoms with Crippen molar-refractivity contribution in [1.82, 2.24) is 5.32 Å². The lowest BCUT2D eigenvalue weighted by atomic mass is 10.3. The van der Waals surface area contributed by atoms with E-state index in [0.29, 0.717) is 18.5 Å². The van der Waals surface area contributed by atoms with Gasteiger partial charge in [0.05, 0.1) is 6.10 Å². The van der Waals surface area contributed by atoms with Gasteiger partial charge in [-0.05, 0) is 0 Å². The predicted molar refractivity (Wildman–Crippen MR) is 39.9 cm³/mol. The first-order valence-corrected chi connectivity index (χ1v) is 3.67. The van der Waals surface area contributed by atoms with Crippen LogP contribution in [0, 0.1) is 0 Å². The summed E-state index contributed by atoms with van der Waals surface area (Å²) in [4.78, 5) is 0. The van der Waals surface area contributed by atoms with Crippen molar-refractivity contribution in [3.8, 4) is 0 Å². The Morgan fingerprint density at radius 2 is 2.11 bits per heavy atom. The van der Waals surface area contributed by atoms with Crippen LogP contribution < -0.4 is 5.32 Å². The third kappa shape index (κ3) is 6.09. The highest BCUT2D eigenvalue weighted by atomic mass is 35.5. The molecule has 0 saturated heterocycles. The summed E-state index contributed by atoms with van der Waals surface area (Å²) in [6.07, 6.45) is -0.408. The predicted octanol–water partition coefficient (Wildman–Crippen LogP) is 0.584. The molecule has 0 aliphatic rings. The third-order valence-electron chi connectivity index (χ3n) is 0.940. The zero-order chi connectivity index (χ0) is 7.28. The number of rotatable bonds is 4. The summed E-state index contributed by atoms with van der Waals surface area (Å²) in [5.74, 6) is 0.305. The van der Waals surface area contributed by atoms with Crippen molar-refractivity contribution < 1.29 is 5.11 Å². The van der Waals surface area contributed by atoms with E-state index in [2.05, 4.69) is 5.32 Å². The lowest BCUT2D eigenvalue weighted by molar-refractivity contribution is 0.191. The number of hydrogen-bond acceptors (Lipinski definition) is 2. The van der Waals surface area contributed by atoms with E-state index in [-0.39, 0.29) is 0 Å². The van der Waals surface area contributed by atoms with Crippen LogP contribution in [0.5, 0.6) is 0 Å². The summed E-state index contributed by atoms with van der Waals surface area (Å²) in [6, 6.07) is 0.419. The molecule has 1 atom stereocenters. The molecule has 0 heterocycles. The molecule has 0 saturated carbocycles. The molecule has 0 rings (SSSR count). The second-order valence-electron chi connectivity index (χ2n) is 2.37. The molecule has 0 aromatic heterocycles. The van der Waals surface area contributed by atoms with Gasteiger partial charge in [0.1, 0.15) is 0 Å². The van der Waals surface area contributed by atoms with Crippen LogP contribution in [-0.2, 0) is 0 Å². The minimum Gasteiger partial charge on any atom is -0.391 e. The number of nitrogens with one attached hydrogen (secondary N) is 1. The van der Waals surface area contributed by atoms with Crippen LogP contribution in [0.25, 0.3) is 0 Å². The average Bonchev–Trinajstić information content (AvgIpc) is 1.83. The first-order chi connectivity index (χ1) is 4.16. The van der Waals surface area contributed by atoms with Gasteiger partial charge in [-0.25, -0.2) is 0 Å². The maximum atomic E-state index is 8.91. The highest BCUT2D eigenvalue weighted by Crippen LogP contribution is 1.85. The Hall–Kier alpha value is 0.210. The fourth-order valence-corrected chi connectivity index (χ4v) is 0.535. The second-order valence-corrected chi connectivity index (χ2v) is 2.68. The van der Waals surface area contributed by atoms with Crippen molar-refractivity contribution in [2.24, 2.45) is 0 Å². The van der Waals surface area contributed by atoms with Gasteiger partial charge in [-0.2, -0.15) is 0 Å². The molecule has 0 amide bonds. The maximum absolute atomic E-state index is 8.91. The number of hydrogen-bond donors (Lipinski definition) is 2. The van der Waals surface area contributed by atoms with Crippen molar-refractivity contribution in [2.75, 3.05) is 12.4 Å². The Morgan fingerprint density at radius 1 is 1.56 bits per heavy atom. The average molecular weight is 152 g/mol. The third-order valence-corrected chi connectivity index (χ3v) is 1.30. The molecule has 0 spiro atoms. The van der Waals surface area contributed by atoms with Gasteiger partial charge in [0.15, 0.2) is 0 Å². The van der Waals surface area contributed by atoms with Crippen molar-refractivity contribution in [2.45, 2.75) is 26.0 Å². The maximum Gasteiger partial charge on any atom is 0.0799 e. The molecule has 0 aromatic carbocycles. The molecule has 2 nitrogen and oxygen atoms in total. The molecule has 9 heavy (non-hydrogen) atoms. The number of halogens is 1. The molecule has 0 aliphatic carbocycles. The highest BCUT2D eigenvalue weighted by Gasteiger charge is 2.00. The van der Waals surface area contributed by atoms with Crippen molar-refractivity contribution in [1.29, 1.82) is 0 Å². The second kappa shape index (κ2) is 5.03. The highest BCUT2D eigenvalue weighted by molar-refractivity contribution is 6.18. The molecule has 0 fully saturated rings. The number of alkyl halides is 1. The number of aliphatic hydroxyl groups is 1. The van der Waals surface area contributed by atoms with Gasteiger partial charge in [0, 0.05) is 18.5 Å². The minimum absolute atomic E-state index is 0.305. The number of aliphatic hydroxyl groups excluding tert-OH is 1. The van der Waals surface area contributed by atoms with Crippen molar-refractivity contribution in [3.05, 3.63) is 0 Å². The molecule has 2 N–H and O–H groups in total.